The Morgan fingerprint density at radius 1 is 1.25 bits per heavy atom. The second-order valence-corrected chi connectivity index (χ2v) is 4.80. The van der Waals surface area contributed by atoms with E-state index in [9.17, 15) is 0 Å². The summed E-state index contributed by atoms with van der Waals surface area (Å²) >= 11 is 7.38. The van der Waals surface area contributed by atoms with Crippen molar-refractivity contribution in [3.63, 3.8) is 0 Å². The molecule has 0 nitrogen and oxygen atoms in total. The van der Waals surface area contributed by atoms with Gasteiger partial charge < -0.3 is 0 Å². The van der Waals surface area contributed by atoms with Gasteiger partial charge in [-0.1, -0.05) is 0 Å². The molecule has 4 heteroatoms. The van der Waals surface area contributed by atoms with Crippen molar-refractivity contribution in [2.75, 3.05) is 0 Å². The molecule has 4 heavy (non-hydrogen) atoms. The zero-order chi connectivity index (χ0) is 2.71. The summed E-state index contributed by atoms with van der Waals surface area (Å²) in [5.74, 6) is 0. The van der Waals surface area contributed by atoms with Crippen molar-refractivity contribution in [1.82, 2.24) is 0 Å². The maximum absolute atomic E-state index is 2.97. The molecule has 35 valence electrons. The summed E-state index contributed by atoms with van der Waals surface area (Å²) in [6.07, 6.45) is 0. The van der Waals surface area contributed by atoms with Gasteiger partial charge in [0.15, 0.2) is 0 Å². The van der Waals surface area contributed by atoms with Gasteiger partial charge in [0.05, 0.1) is 0 Å². The SMILES string of the molecule is [Br][Cu][Br].[Cu+]. The molecule has 0 N–H and O–H groups in total. The fraction of sp³-hybridized carbons (Fsp3) is 0. The minimum atomic E-state index is 0. The van der Waals surface area contributed by atoms with E-state index in [1.807, 2.05) is 0 Å². The first-order valence-corrected chi connectivity index (χ1v) is 4.88. The van der Waals surface area contributed by atoms with E-state index in [2.05, 4.69) is 28.2 Å². The molecular formula is Br2Cu2+. The Morgan fingerprint density at radius 3 is 1.25 bits per heavy atom. The van der Waals surface area contributed by atoms with Gasteiger partial charge in [-0.05, 0) is 0 Å². The number of rotatable bonds is 0. The van der Waals surface area contributed by atoms with E-state index in [0.29, 0.717) is 0 Å². The van der Waals surface area contributed by atoms with Crippen LogP contribution in [0.25, 0.3) is 0 Å². The quantitative estimate of drug-likeness (QED) is 0.595. The van der Waals surface area contributed by atoms with E-state index in [1.54, 1.807) is 0 Å². The van der Waals surface area contributed by atoms with Crippen molar-refractivity contribution < 1.29 is 28.4 Å². The van der Waals surface area contributed by atoms with Crippen molar-refractivity contribution in [2.24, 2.45) is 0 Å². The van der Waals surface area contributed by atoms with Crippen LogP contribution < -0.4 is 0 Å². The molecular weight excluding hydrogens is 287 g/mol. The molecule has 0 aliphatic carbocycles. The summed E-state index contributed by atoms with van der Waals surface area (Å²) in [6.45, 7) is 0. The van der Waals surface area contributed by atoms with E-state index in [4.69, 9.17) is 0 Å². The van der Waals surface area contributed by atoms with Crippen molar-refractivity contribution >= 4 is 28.2 Å². The molecule has 0 aliphatic rings. The zero-order valence-corrected chi connectivity index (χ0v) is 6.41. The van der Waals surface area contributed by atoms with Crippen molar-refractivity contribution in [2.45, 2.75) is 0 Å². The molecule has 0 spiro atoms. The maximum Gasteiger partial charge on any atom is 1.00 e. The molecule has 0 saturated heterocycles. The standard InChI is InChI=1S/2BrH.2Cu/h2*1H;;/q;;+1;+2/p-2. The van der Waals surface area contributed by atoms with Gasteiger partial charge >= 0.3 is 56.6 Å². The summed E-state index contributed by atoms with van der Waals surface area (Å²) < 4.78 is 0. The molecule has 0 aliphatic heterocycles. The van der Waals surface area contributed by atoms with Gasteiger partial charge in [0.1, 0.15) is 0 Å². The van der Waals surface area contributed by atoms with Gasteiger partial charge in [0.2, 0.25) is 0 Å². The molecule has 0 aromatic rings. The van der Waals surface area contributed by atoms with Gasteiger partial charge in [-0.3, -0.25) is 0 Å². The number of hydrogen-bond donors (Lipinski definition) is 0. The first-order chi connectivity index (χ1) is 1.41. The summed E-state index contributed by atoms with van der Waals surface area (Å²) in [4.78, 5) is 0. The predicted octanol–water partition coefficient (Wildman–Crippen LogP) is 1.69. The fourth-order valence-electron chi connectivity index (χ4n) is 0. The van der Waals surface area contributed by atoms with Crippen LogP contribution in [0.15, 0.2) is 0 Å². The van der Waals surface area contributed by atoms with Crippen LogP contribution in [0.5, 0.6) is 0 Å². The first-order valence-electron chi connectivity index (χ1n) is 0.228. The first kappa shape index (κ1) is 9.37. The second-order valence-electron chi connectivity index (χ2n) is 0.0431. The molecule has 0 fully saturated rings. The van der Waals surface area contributed by atoms with E-state index >= 15 is 0 Å². The van der Waals surface area contributed by atoms with Gasteiger partial charge in [0.25, 0.3) is 0 Å². The number of halogens is 2. The van der Waals surface area contributed by atoms with Gasteiger partial charge in [0, 0.05) is 0 Å². The van der Waals surface area contributed by atoms with Crippen LogP contribution in [0.3, 0.4) is 0 Å². The smallest absolute Gasteiger partial charge is 1.00 e. The largest absolute Gasteiger partial charge is 1.00 e. The summed E-state index contributed by atoms with van der Waals surface area (Å²) in [5.41, 5.74) is 0. The zero-order valence-electron chi connectivity index (χ0n) is 1.36. The van der Waals surface area contributed by atoms with E-state index < -0.39 is 0 Å². The third-order valence-corrected chi connectivity index (χ3v) is 0. The van der Waals surface area contributed by atoms with Crippen LogP contribution in [-0.4, -0.2) is 0 Å². The second kappa shape index (κ2) is 8.89. The summed E-state index contributed by atoms with van der Waals surface area (Å²) in [7, 11) is 0. The van der Waals surface area contributed by atoms with Crippen LogP contribution in [0.1, 0.15) is 0 Å². The Hall–Kier alpha value is 2.00. The molecule has 0 rings (SSSR count). The Kier molecular flexibility index (Phi) is 20.8. The van der Waals surface area contributed by atoms with E-state index in [1.165, 1.54) is 11.3 Å². The van der Waals surface area contributed by atoms with Crippen LogP contribution in [-0.2, 0) is 28.4 Å². The third kappa shape index (κ3) is 9.00. The molecule has 0 aromatic carbocycles. The van der Waals surface area contributed by atoms with E-state index in [-0.39, 0.29) is 17.1 Å². The molecule has 0 saturated carbocycles. The molecule has 0 heterocycles. The Morgan fingerprint density at radius 2 is 1.25 bits per heavy atom. The Labute approximate surface area is 56.1 Å². The Bertz CT molecular complexity index is 4.00. The predicted molar refractivity (Wildman–Crippen MR) is 17.9 cm³/mol. The van der Waals surface area contributed by atoms with E-state index in [0.717, 1.165) is 0 Å². The minimum absolute atomic E-state index is 0. The monoisotopic (exact) mass is 284 g/mol. The van der Waals surface area contributed by atoms with Gasteiger partial charge in [-0.25, -0.2) is 0 Å². The Balaban J connectivity index is 0. The molecule has 0 bridgehead atoms. The van der Waals surface area contributed by atoms with Crippen molar-refractivity contribution in [3.05, 3.63) is 0 Å². The average molecular weight is 287 g/mol. The molecule has 0 radical (unpaired) electrons. The average Bonchev–Trinajstić information content (AvgIpc) is 0.918. The normalized spacial score (nSPS) is 5.50. The molecule has 0 amide bonds. The van der Waals surface area contributed by atoms with Crippen LogP contribution in [0, 0.1) is 0 Å². The third-order valence-electron chi connectivity index (χ3n) is 0. The van der Waals surface area contributed by atoms with Crippen molar-refractivity contribution in [1.29, 1.82) is 0 Å². The minimum Gasteiger partial charge on any atom is 1.00 e. The number of hydrogen-bond acceptors (Lipinski definition) is 0. The maximum atomic E-state index is 2.97. The fourth-order valence-corrected chi connectivity index (χ4v) is 0. The summed E-state index contributed by atoms with van der Waals surface area (Å²) in [5, 5.41) is 0. The van der Waals surface area contributed by atoms with Crippen LogP contribution in [0.2, 0.25) is 0 Å². The topological polar surface area (TPSA) is 0 Å². The summed E-state index contributed by atoms with van der Waals surface area (Å²) in [6, 6.07) is 0. The van der Waals surface area contributed by atoms with Crippen molar-refractivity contribution in [3.8, 4) is 0 Å². The van der Waals surface area contributed by atoms with Gasteiger partial charge in [-0.15, -0.1) is 0 Å². The van der Waals surface area contributed by atoms with Crippen LogP contribution in [0.4, 0.5) is 0 Å². The van der Waals surface area contributed by atoms with Crippen LogP contribution >= 0.6 is 28.2 Å². The molecule has 0 atom stereocenters. The van der Waals surface area contributed by atoms with Gasteiger partial charge in [-0.2, -0.15) is 0 Å². The molecule has 0 aromatic heterocycles. The molecule has 0 unspecified atom stereocenters.